The van der Waals surface area contributed by atoms with Crippen LogP contribution in [0.1, 0.15) is 37.0 Å². The van der Waals surface area contributed by atoms with E-state index in [4.69, 9.17) is 0 Å². The highest BCUT2D eigenvalue weighted by Gasteiger charge is 2.27. The largest absolute Gasteiger partial charge is 0.380 e. The van der Waals surface area contributed by atoms with Crippen molar-refractivity contribution in [2.24, 2.45) is 0 Å². The van der Waals surface area contributed by atoms with E-state index in [9.17, 15) is 13.2 Å². The van der Waals surface area contributed by atoms with Gasteiger partial charge in [0, 0.05) is 24.5 Å². The van der Waals surface area contributed by atoms with Gasteiger partial charge in [-0.2, -0.15) is 0 Å². The van der Waals surface area contributed by atoms with Crippen LogP contribution in [-0.4, -0.2) is 42.9 Å². The number of carbonyl (C=O) groups excluding carboxylic acids is 1. The van der Waals surface area contributed by atoms with Gasteiger partial charge in [-0.05, 0) is 25.8 Å². The molecule has 0 bridgehead atoms. The molecule has 2 rings (SSSR count). The van der Waals surface area contributed by atoms with Crippen molar-refractivity contribution in [1.29, 1.82) is 0 Å². The third-order valence-corrected chi connectivity index (χ3v) is 5.36. The fourth-order valence-electron chi connectivity index (χ4n) is 2.20. The number of rotatable bonds is 5. The smallest absolute Gasteiger partial charge is 0.253 e. The zero-order valence-electron chi connectivity index (χ0n) is 12.3. The van der Waals surface area contributed by atoms with Gasteiger partial charge in [-0.25, -0.2) is 8.42 Å². The second-order valence-electron chi connectivity index (χ2n) is 5.49. The molecule has 1 aromatic heterocycles. The van der Waals surface area contributed by atoms with Gasteiger partial charge in [0.1, 0.15) is 0 Å². The first-order valence-electron chi connectivity index (χ1n) is 7.12. The molecule has 1 amide bonds. The number of nitrogens with one attached hydrogen (secondary N) is 2. The normalized spacial score (nSPS) is 21.7. The Morgan fingerprint density at radius 1 is 1.48 bits per heavy atom. The highest BCUT2D eigenvalue weighted by Crippen LogP contribution is 2.17. The molecule has 21 heavy (non-hydrogen) atoms. The predicted molar refractivity (Wildman–Crippen MR) is 82.1 cm³/mol. The third-order valence-electron chi connectivity index (χ3n) is 3.59. The first-order valence-corrected chi connectivity index (χ1v) is 8.94. The van der Waals surface area contributed by atoms with Gasteiger partial charge in [0.25, 0.3) is 5.91 Å². The zero-order valence-corrected chi connectivity index (χ0v) is 13.1. The number of aromatic nitrogens is 1. The predicted octanol–water partition coefficient (Wildman–Crippen LogP) is 1.21. The van der Waals surface area contributed by atoms with Gasteiger partial charge >= 0.3 is 0 Å². The minimum absolute atomic E-state index is 0.106. The molecule has 7 heteroatoms. The molecule has 6 nitrogen and oxygen atoms in total. The Balaban J connectivity index is 2.03. The van der Waals surface area contributed by atoms with Crippen molar-refractivity contribution in [3.63, 3.8) is 0 Å². The molecule has 1 saturated heterocycles. The molecule has 2 heterocycles. The second kappa shape index (κ2) is 6.43. The fourth-order valence-corrected chi connectivity index (χ4v) is 3.87. The van der Waals surface area contributed by atoms with Crippen molar-refractivity contribution >= 4 is 21.4 Å². The molecule has 1 aromatic rings. The van der Waals surface area contributed by atoms with E-state index in [1.807, 2.05) is 13.8 Å². The van der Waals surface area contributed by atoms with Gasteiger partial charge in [-0.1, -0.05) is 6.92 Å². The molecular weight excluding hydrogens is 290 g/mol. The van der Waals surface area contributed by atoms with Crippen molar-refractivity contribution in [2.45, 2.75) is 38.8 Å². The summed E-state index contributed by atoms with van der Waals surface area (Å²) in [5, 5.41) is 6.01. The van der Waals surface area contributed by atoms with E-state index in [1.165, 1.54) is 6.20 Å². The summed E-state index contributed by atoms with van der Waals surface area (Å²) >= 11 is 0. The molecule has 2 N–H and O–H groups in total. The average molecular weight is 311 g/mol. The summed E-state index contributed by atoms with van der Waals surface area (Å²) in [6.07, 6.45) is 4.56. The van der Waals surface area contributed by atoms with Crippen LogP contribution < -0.4 is 10.6 Å². The Kier molecular flexibility index (Phi) is 4.82. The highest BCUT2D eigenvalue weighted by atomic mass is 32.2. The van der Waals surface area contributed by atoms with Crippen molar-refractivity contribution in [1.82, 2.24) is 10.3 Å². The van der Waals surface area contributed by atoms with Crippen LogP contribution in [0.25, 0.3) is 0 Å². The minimum Gasteiger partial charge on any atom is -0.380 e. The quantitative estimate of drug-likeness (QED) is 0.853. The summed E-state index contributed by atoms with van der Waals surface area (Å²) in [5.41, 5.74) is 1.15. The van der Waals surface area contributed by atoms with Crippen molar-refractivity contribution < 1.29 is 13.2 Å². The Hall–Kier alpha value is -1.63. The van der Waals surface area contributed by atoms with E-state index < -0.39 is 9.84 Å². The number of nitrogens with zero attached hydrogens (tertiary/aromatic N) is 1. The average Bonchev–Trinajstić information content (AvgIpc) is 2.78. The lowest BCUT2D eigenvalue weighted by Crippen LogP contribution is -2.32. The maximum Gasteiger partial charge on any atom is 0.253 e. The van der Waals surface area contributed by atoms with Gasteiger partial charge in [0.2, 0.25) is 0 Å². The number of sulfone groups is 1. The SMILES string of the molecule is CCC(C)NC(=O)c1cncc(NC2CCS(=O)(=O)C2)c1. The van der Waals surface area contributed by atoms with Crippen LogP contribution in [-0.2, 0) is 9.84 Å². The summed E-state index contributed by atoms with van der Waals surface area (Å²) in [7, 11) is -2.92. The third kappa shape index (κ3) is 4.42. The molecule has 116 valence electrons. The number of pyridine rings is 1. The molecule has 2 unspecified atom stereocenters. The molecule has 0 spiro atoms. The molecule has 1 fully saturated rings. The van der Waals surface area contributed by atoms with Crippen LogP contribution in [0.15, 0.2) is 18.5 Å². The maximum atomic E-state index is 12.0. The minimum atomic E-state index is -2.92. The molecule has 0 saturated carbocycles. The van der Waals surface area contributed by atoms with Gasteiger partial charge in [-0.3, -0.25) is 9.78 Å². The van der Waals surface area contributed by atoms with Gasteiger partial charge in [-0.15, -0.1) is 0 Å². The number of amides is 1. The zero-order chi connectivity index (χ0) is 15.5. The summed E-state index contributed by atoms with van der Waals surface area (Å²) in [4.78, 5) is 16.1. The summed E-state index contributed by atoms with van der Waals surface area (Å²) in [6.45, 7) is 3.94. The van der Waals surface area contributed by atoms with E-state index in [0.29, 0.717) is 17.7 Å². The van der Waals surface area contributed by atoms with Crippen molar-refractivity contribution in [3.8, 4) is 0 Å². The second-order valence-corrected chi connectivity index (χ2v) is 7.72. The summed E-state index contributed by atoms with van der Waals surface area (Å²) in [5.74, 6) is 0.183. The van der Waals surface area contributed by atoms with Gasteiger partial charge in [0.15, 0.2) is 9.84 Å². The molecule has 1 aliphatic heterocycles. The van der Waals surface area contributed by atoms with E-state index in [0.717, 1.165) is 6.42 Å². The highest BCUT2D eigenvalue weighted by molar-refractivity contribution is 7.91. The molecule has 0 radical (unpaired) electrons. The Bertz CT molecular complexity index is 616. The molecule has 2 atom stereocenters. The van der Waals surface area contributed by atoms with Gasteiger partial charge in [0.05, 0.1) is 22.8 Å². The topological polar surface area (TPSA) is 88.2 Å². The van der Waals surface area contributed by atoms with E-state index in [2.05, 4.69) is 15.6 Å². The lowest BCUT2D eigenvalue weighted by atomic mass is 10.2. The number of hydrogen-bond donors (Lipinski definition) is 2. The summed E-state index contributed by atoms with van der Waals surface area (Å²) in [6, 6.07) is 1.70. The number of carbonyl (C=O) groups is 1. The Morgan fingerprint density at radius 2 is 2.24 bits per heavy atom. The molecule has 0 aromatic carbocycles. The lowest BCUT2D eigenvalue weighted by Gasteiger charge is -2.14. The van der Waals surface area contributed by atoms with Gasteiger partial charge < -0.3 is 10.6 Å². The van der Waals surface area contributed by atoms with Crippen LogP contribution in [0, 0.1) is 0 Å². The molecule has 0 aliphatic carbocycles. The van der Waals surface area contributed by atoms with Crippen LogP contribution >= 0.6 is 0 Å². The van der Waals surface area contributed by atoms with Crippen LogP contribution in [0.2, 0.25) is 0 Å². The first-order chi connectivity index (χ1) is 9.89. The van der Waals surface area contributed by atoms with Crippen LogP contribution in [0.4, 0.5) is 5.69 Å². The Morgan fingerprint density at radius 3 is 2.86 bits per heavy atom. The van der Waals surface area contributed by atoms with Crippen LogP contribution in [0.3, 0.4) is 0 Å². The van der Waals surface area contributed by atoms with E-state index in [-0.39, 0.29) is 29.5 Å². The standard InChI is InChI=1S/C14H21N3O3S/c1-3-10(2)16-14(18)11-6-13(8-15-7-11)17-12-4-5-21(19,20)9-12/h6-8,10,12,17H,3-5,9H2,1-2H3,(H,16,18). The summed E-state index contributed by atoms with van der Waals surface area (Å²) < 4.78 is 22.9. The number of anilines is 1. The van der Waals surface area contributed by atoms with E-state index >= 15 is 0 Å². The number of hydrogen-bond acceptors (Lipinski definition) is 5. The molecular formula is C14H21N3O3S. The monoisotopic (exact) mass is 311 g/mol. The van der Waals surface area contributed by atoms with E-state index in [1.54, 1.807) is 12.3 Å². The lowest BCUT2D eigenvalue weighted by molar-refractivity contribution is 0.0939. The maximum absolute atomic E-state index is 12.0. The van der Waals surface area contributed by atoms with Crippen LogP contribution in [0.5, 0.6) is 0 Å². The Labute approximate surface area is 125 Å². The fraction of sp³-hybridized carbons (Fsp3) is 0.571. The molecule has 1 aliphatic rings. The first kappa shape index (κ1) is 15.8. The van der Waals surface area contributed by atoms with Crippen molar-refractivity contribution in [3.05, 3.63) is 24.0 Å². The van der Waals surface area contributed by atoms with Crippen molar-refractivity contribution in [2.75, 3.05) is 16.8 Å².